The van der Waals surface area contributed by atoms with Crippen molar-refractivity contribution in [3.63, 3.8) is 0 Å². The first-order valence-corrected chi connectivity index (χ1v) is 10.3. The minimum Gasteiger partial charge on any atom is -0.355 e. The topological polar surface area (TPSA) is 96.3 Å². The number of hydrogen-bond acceptors (Lipinski definition) is 5. The Kier molecular flexibility index (Phi) is 5.52. The summed E-state index contributed by atoms with van der Waals surface area (Å²) in [4.78, 5) is 17.4. The molecule has 1 saturated heterocycles. The van der Waals surface area contributed by atoms with Crippen LogP contribution in [0.1, 0.15) is 23.8 Å². The molecule has 10 heteroatoms. The summed E-state index contributed by atoms with van der Waals surface area (Å²) in [7, 11) is -2.25. The molecule has 3 rings (SSSR count). The molecule has 1 fully saturated rings. The van der Waals surface area contributed by atoms with Crippen molar-refractivity contribution < 1.29 is 13.2 Å². The van der Waals surface area contributed by atoms with Gasteiger partial charge in [0, 0.05) is 37.4 Å². The molecule has 0 bridgehead atoms. The Balaban J connectivity index is 1.59. The first-order valence-electron chi connectivity index (χ1n) is 7.99. The fourth-order valence-electron chi connectivity index (χ4n) is 2.80. The fraction of sp³-hybridized carbons (Fsp3) is 0.467. The van der Waals surface area contributed by atoms with Gasteiger partial charge in [-0.2, -0.15) is 17.4 Å². The lowest BCUT2D eigenvalue weighted by atomic mass is 10.1. The van der Waals surface area contributed by atoms with E-state index in [1.165, 1.54) is 18.4 Å². The van der Waals surface area contributed by atoms with E-state index in [2.05, 4.69) is 15.0 Å². The third kappa shape index (κ3) is 4.27. The average molecular weight is 383 g/mol. The number of nitrogens with zero attached hydrogens (tertiary/aromatic N) is 3. The monoisotopic (exact) mass is 383 g/mol. The molecule has 2 aromatic rings. The minimum absolute atomic E-state index is 0.264. The van der Waals surface area contributed by atoms with Crippen LogP contribution in [0.15, 0.2) is 36.2 Å². The van der Waals surface area contributed by atoms with Crippen LogP contribution in [0.25, 0.3) is 0 Å². The molecule has 0 saturated carbocycles. The maximum Gasteiger partial charge on any atom is 0.280 e. The molecule has 0 unspecified atom stereocenters. The van der Waals surface area contributed by atoms with Crippen molar-refractivity contribution in [1.82, 2.24) is 23.9 Å². The highest BCUT2D eigenvalue weighted by Gasteiger charge is 2.40. The van der Waals surface area contributed by atoms with Crippen molar-refractivity contribution in [2.45, 2.75) is 31.5 Å². The molecule has 2 atom stereocenters. The van der Waals surface area contributed by atoms with Gasteiger partial charge in [-0.25, -0.2) is 4.98 Å². The van der Waals surface area contributed by atoms with Gasteiger partial charge in [-0.15, -0.1) is 11.3 Å². The lowest BCUT2D eigenvalue weighted by Gasteiger charge is -2.35. The zero-order valence-corrected chi connectivity index (χ0v) is 15.5. The van der Waals surface area contributed by atoms with Gasteiger partial charge in [0.1, 0.15) is 6.04 Å². The van der Waals surface area contributed by atoms with Gasteiger partial charge < -0.3 is 9.88 Å². The van der Waals surface area contributed by atoms with E-state index in [0.29, 0.717) is 13.0 Å². The molecule has 2 N–H and O–H groups in total. The van der Waals surface area contributed by atoms with E-state index in [0.717, 1.165) is 22.1 Å². The number of rotatable bonds is 6. The molecule has 0 aliphatic carbocycles. The number of likely N-dealkylation sites (N-methyl/N-ethyl adjacent to an activating group) is 1. The molecule has 0 aromatic carbocycles. The number of nitrogens with one attached hydrogen (secondary N) is 2. The molecule has 2 aromatic heterocycles. The number of thiophene rings is 1. The number of hydrogen-bond donors (Lipinski definition) is 2. The Morgan fingerprint density at radius 3 is 3.04 bits per heavy atom. The zero-order valence-electron chi connectivity index (χ0n) is 13.8. The summed E-state index contributed by atoms with van der Waals surface area (Å²) in [6.07, 6.45) is 6.45. The lowest BCUT2D eigenvalue weighted by molar-refractivity contribution is -0.125. The second kappa shape index (κ2) is 7.65. The Labute approximate surface area is 151 Å². The molecule has 25 heavy (non-hydrogen) atoms. The Morgan fingerprint density at radius 1 is 1.52 bits per heavy atom. The van der Waals surface area contributed by atoms with Gasteiger partial charge >= 0.3 is 0 Å². The molecule has 0 radical (unpaired) electrons. The zero-order chi connectivity index (χ0) is 17.9. The summed E-state index contributed by atoms with van der Waals surface area (Å²) in [5, 5.41) is 4.74. The van der Waals surface area contributed by atoms with E-state index in [1.807, 2.05) is 28.3 Å². The highest BCUT2D eigenvalue weighted by atomic mass is 32.2. The summed E-state index contributed by atoms with van der Waals surface area (Å²) in [5.74, 6) is -0.264. The molecular formula is C15H21N5O3S2. The Bertz CT molecular complexity index is 789. The molecule has 136 valence electrons. The summed E-state index contributed by atoms with van der Waals surface area (Å²) < 4.78 is 30.3. The maximum atomic E-state index is 12.5. The number of aryl methyl sites for hydroxylation is 1. The maximum absolute atomic E-state index is 12.5. The van der Waals surface area contributed by atoms with Crippen molar-refractivity contribution in [1.29, 1.82) is 0 Å². The number of carbonyl (C=O) groups is 1. The van der Waals surface area contributed by atoms with E-state index in [1.54, 1.807) is 12.5 Å². The van der Waals surface area contributed by atoms with E-state index in [9.17, 15) is 13.2 Å². The molecular weight excluding hydrogens is 362 g/mol. The van der Waals surface area contributed by atoms with Crippen LogP contribution >= 0.6 is 11.3 Å². The van der Waals surface area contributed by atoms with Crippen molar-refractivity contribution >= 4 is 27.5 Å². The van der Waals surface area contributed by atoms with Crippen LogP contribution in [0.4, 0.5) is 0 Å². The van der Waals surface area contributed by atoms with Crippen molar-refractivity contribution in [2.24, 2.45) is 0 Å². The fourth-order valence-corrected chi connectivity index (χ4v) is 4.93. The highest BCUT2D eigenvalue weighted by molar-refractivity contribution is 7.87. The summed E-state index contributed by atoms with van der Waals surface area (Å²) in [6.45, 7) is 1.23. The van der Waals surface area contributed by atoms with Gasteiger partial charge in [0.2, 0.25) is 5.91 Å². The average Bonchev–Trinajstić information content (AvgIpc) is 3.27. The van der Waals surface area contributed by atoms with E-state index >= 15 is 0 Å². The van der Waals surface area contributed by atoms with Crippen LogP contribution in [0.2, 0.25) is 0 Å². The number of carbonyl (C=O) groups excluding carboxylic acids is 1. The van der Waals surface area contributed by atoms with Gasteiger partial charge in [-0.3, -0.25) is 4.79 Å². The first kappa shape index (κ1) is 18.1. The quantitative estimate of drug-likeness (QED) is 0.719. The largest absolute Gasteiger partial charge is 0.355 e. The predicted octanol–water partition coefficient (Wildman–Crippen LogP) is 0.731. The highest BCUT2D eigenvalue weighted by Crippen LogP contribution is 2.30. The first-order chi connectivity index (χ1) is 12.0. The number of imidazole rings is 1. The minimum atomic E-state index is -3.68. The smallest absolute Gasteiger partial charge is 0.280 e. The van der Waals surface area contributed by atoms with Crippen LogP contribution in [-0.4, -0.2) is 47.8 Å². The van der Waals surface area contributed by atoms with E-state index in [-0.39, 0.29) is 11.9 Å². The third-order valence-corrected chi connectivity index (χ3v) is 6.79. The Hall–Kier alpha value is -1.75. The molecule has 8 nitrogen and oxygen atoms in total. The second-order valence-electron chi connectivity index (χ2n) is 5.90. The van der Waals surface area contributed by atoms with Gasteiger partial charge in [-0.05, 0) is 24.3 Å². The SMILES string of the molecule is CN1[C@@H](C(=O)NCCCn2ccnc2)C[C@H](c2cccs2)NS1(=O)=O. The lowest BCUT2D eigenvalue weighted by Crippen LogP contribution is -2.57. The second-order valence-corrected chi connectivity index (χ2v) is 8.64. The van der Waals surface area contributed by atoms with Crippen molar-refractivity contribution in [2.75, 3.05) is 13.6 Å². The van der Waals surface area contributed by atoms with Gasteiger partial charge in [0.05, 0.1) is 12.4 Å². The van der Waals surface area contributed by atoms with E-state index < -0.39 is 16.3 Å². The predicted molar refractivity (Wildman–Crippen MR) is 95.1 cm³/mol. The van der Waals surface area contributed by atoms with Crippen LogP contribution in [0.5, 0.6) is 0 Å². The van der Waals surface area contributed by atoms with Crippen LogP contribution in [0.3, 0.4) is 0 Å². The standard InChI is InChI=1S/C15H21N5O3S2/c1-19-13(15(21)17-5-3-7-20-8-6-16-11-20)10-12(18-25(19,22)23)14-4-2-9-24-14/h2,4,6,8-9,11-13,18H,3,5,7,10H2,1H3,(H,17,21)/t12-,13-/m1/s1. The molecule has 1 amide bonds. The normalized spacial score (nSPS) is 23.4. The van der Waals surface area contributed by atoms with Crippen LogP contribution in [-0.2, 0) is 21.5 Å². The van der Waals surface area contributed by atoms with Gasteiger partial charge in [0.15, 0.2) is 0 Å². The van der Waals surface area contributed by atoms with Crippen LogP contribution < -0.4 is 10.0 Å². The van der Waals surface area contributed by atoms with Gasteiger partial charge in [0.25, 0.3) is 10.2 Å². The third-order valence-electron chi connectivity index (χ3n) is 4.21. The molecule has 1 aliphatic rings. The number of aromatic nitrogens is 2. The van der Waals surface area contributed by atoms with E-state index in [4.69, 9.17) is 0 Å². The molecule has 0 spiro atoms. The van der Waals surface area contributed by atoms with Crippen molar-refractivity contribution in [3.05, 3.63) is 41.1 Å². The van der Waals surface area contributed by atoms with Crippen molar-refractivity contribution in [3.8, 4) is 0 Å². The molecule has 3 heterocycles. The summed E-state index contributed by atoms with van der Waals surface area (Å²) in [5.41, 5.74) is 0. The van der Waals surface area contributed by atoms with Gasteiger partial charge in [-0.1, -0.05) is 6.07 Å². The Morgan fingerprint density at radius 2 is 2.36 bits per heavy atom. The summed E-state index contributed by atoms with van der Waals surface area (Å²) >= 11 is 1.48. The summed E-state index contributed by atoms with van der Waals surface area (Å²) in [6, 6.07) is 2.66. The molecule has 1 aliphatic heterocycles. The number of amides is 1. The van der Waals surface area contributed by atoms with Crippen LogP contribution in [0, 0.1) is 0 Å².